The van der Waals surface area contributed by atoms with Crippen LogP contribution in [0.3, 0.4) is 0 Å². The molecule has 1 atom stereocenters. The van der Waals surface area contributed by atoms with Gasteiger partial charge in [0.1, 0.15) is 5.69 Å². The monoisotopic (exact) mass is 518 g/mol. The average Bonchev–Trinajstić information content (AvgIpc) is 2.86. The summed E-state index contributed by atoms with van der Waals surface area (Å²) < 4.78 is 47.2. The molecule has 37 heavy (non-hydrogen) atoms. The van der Waals surface area contributed by atoms with Crippen LogP contribution in [0.2, 0.25) is 0 Å². The largest absolute Gasteiger partial charge is 0.417 e. The van der Waals surface area contributed by atoms with Crippen LogP contribution in [0.5, 0.6) is 0 Å². The number of aryl methyl sites for hydroxylation is 2. The van der Waals surface area contributed by atoms with Gasteiger partial charge in [0.15, 0.2) is 6.23 Å². The number of aliphatic hydroxyl groups excluding tert-OH is 1. The van der Waals surface area contributed by atoms with E-state index in [0.29, 0.717) is 43.8 Å². The fourth-order valence-electron chi connectivity index (χ4n) is 4.41. The van der Waals surface area contributed by atoms with E-state index in [2.05, 4.69) is 5.32 Å². The van der Waals surface area contributed by atoms with Gasteiger partial charge in [-0.25, -0.2) is 0 Å². The quantitative estimate of drug-likeness (QED) is 0.633. The van der Waals surface area contributed by atoms with Gasteiger partial charge in [-0.05, 0) is 49.2 Å². The molecule has 1 aromatic carbocycles. The van der Waals surface area contributed by atoms with Gasteiger partial charge >= 0.3 is 6.18 Å². The molecule has 0 spiro atoms. The van der Waals surface area contributed by atoms with Crippen LogP contribution in [0.25, 0.3) is 11.1 Å². The molecule has 2 aliphatic rings. The molecule has 0 bridgehead atoms. The zero-order chi connectivity index (χ0) is 26.9. The number of hydrogen-bond donors (Lipinski definition) is 2. The van der Waals surface area contributed by atoms with Gasteiger partial charge in [-0.15, -0.1) is 0 Å². The molecule has 0 aliphatic carbocycles. The van der Waals surface area contributed by atoms with E-state index in [1.807, 2.05) is 17.9 Å². The Morgan fingerprint density at radius 2 is 1.92 bits per heavy atom. The Balaban J connectivity index is 1.65. The van der Waals surface area contributed by atoms with E-state index >= 15 is 0 Å². The lowest BCUT2D eigenvalue weighted by atomic mass is 10.00. The van der Waals surface area contributed by atoms with Crippen molar-refractivity contribution in [2.45, 2.75) is 26.3 Å². The molecule has 11 heteroatoms. The molecule has 3 heterocycles. The van der Waals surface area contributed by atoms with Crippen LogP contribution in [0, 0.1) is 6.92 Å². The van der Waals surface area contributed by atoms with E-state index in [4.69, 9.17) is 4.74 Å². The third kappa shape index (κ3) is 5.57. The molecule has 0 radical (unpaired) electrons. The van der Waals surface area contributed by atoms with Crippen LogP contribution >= 0.6 is 0 Å². The number of aliphatic hydroxyl groups is 1. The number of amides is 1. The van der Waals surface area contributed by atoms with Gasteiger partial charge in [-0.3, -0.25) is 9.59 Å². The van der Waals surface area contributed by atoms with Gasteiger partial charge in [0.05, 0.1) is 24.4 Å². The summed E-state index contributed by atoms with van der Waals surface area (Å²) in [6, 6.07) is 6.98. The number of hydrogen-bond acceptors (Lipinski definition) is 6. The van der Waals surface area contributed by atoms with Gasteiger partial charge in [0.25, 0.3) is 11.5 Å². The molecule has 1 unspecified atom stereocenters. The Hall–Kier alpha value is -3.57. The number of ether oxygens (including phenoxy) is 1. The minimum Gasteiger partial charge on any atom is -0.378 e. The van der Waals surface area contributed by atoms with Crippen LogP contribution in [-0.2, 0) is 16.6 Å². The third-order valence-corrected chi connectivity index (χ3v) is 6.49. The summed E-state index contributed by atoms with van der Waals surface area (Å²) in [6.07, 6.45) is -3.07. The molecular weight excluding hydrogens is 489 g/mol. The highest BCUT2D eigenvalue weighted by Crippen LogP contribution is 2.34. The van der Waals surface area contributed by atoms with Crippen LogP contribution in [0.15, 0.2) is 58.7 Å². The summed E-state index contributed by atoms with van der Waals surface area (Å²) in [7, 11) is 1.67. The fraction of sp³-hybridized carbons (Fsp3) is 0.385. The number of anilines is 2. The van der Waals surface area contributed by atoms with E-state index in [1.54, 1.807) is 38.4 Å². The second-order valence-electron chi connectivity index (χ2n) is 9.00. The Morgan fingerprint density at radius 3 is 2.57 bits per heavy atom. The molecular formula is C26H29F3N4O4. The predicted molar refractivity (Wildman–Crippen MR) is 134 cm³/mol. The molecule has 198 valence electrons. The number of aromatic nitrogens is 1. The third-order valence-electron chi connectivity index (χ3n) is 6.49. The number of carbonyl (C=O) groups excluding carboxylic acids is 1. The van der Waals surface area contributed by atoms with E-state index in [-0.39, 0.29) is 17.7 Å². The number of nitrogens with one attached hydrogen (secondary N) is 1. The van der Waals surface area contributed by atoms with Crippen molar-refractivity contribution >= 4 is 17.3 Å². The minimum absolute atomic E-state index is 0.0816. The Labute approximate surface area is 212 Å². The lowest BCUT2D eigenvalue weighted by molar-refractivity contribution is -0.118. The van der Waals surface area contributed by atoms with Gasteiger partial charge in [-0.2, -0.15) is 13.2 Å². The summed E-state index contributed by atoms with van der Waals surface area (Å²) >= 11 is 0. The van der Waals surface area contributed by atoms with Crippen molar-refractivity contribution in [2.75, 3.05) is 43.1 Å². The van der Waals surface area contributed by atoms with Crippen molar-refractivity contribution in [3.05, 3.63) is 69.8 Å². The molecule has 4 rings (SSSR count). The summed E-state index contributed by atoms with van der Waals surface area (Å²) in [5.74, 6) is -0.739. The number of pyridine rings is 1. The van der Waals surface area contributed by atoms with E-state index in [9.17, 15) is 27.9 Å². The van der Waals surface area contributed by atoms with Crippen LogP contribution < -0.4 is 15.8 Å². The number of nitrogens with zero attached hydrogens (tertiary/aromatic N) is 3. The number of likely N-dealkylation sites (N-methyl/N-ethyl adjacent to an activating group) is 1. The smallest absolute Gasteiger partial charge is 0.378 e. The lowest BCUT2D eigenvalue weighted by Gasteiger charge is -2.32. The number of carbonyl (C=O) groups is 1. The highest BCUT2D eigenvalue weighted by atomic mass is 19.4. The Bertz CT molecular complexity index is 1310. The lowest BCUT2D eigenvalue weighted by Crippen LogP contribution is -2.40. The number of halogens is 3. The van der Waals surface area contributed by atoms with Gasteiger partial charge in [-0.1, -0.05) is 6.07 Å². The highest BCUT2D eigenvalue weighted by molar-refractivity contribution is 6.06. The van der Waals surface area contributed by atoms with Crippen LogP contribution in [0.1, 0.15) is 12.5 Å². The summed E-state index contributed by atoms with van der Waals surface area (Å²) in [5, 5.41) is 12.7. The molecule has 1 fully saturated rings. The molecule has 2 aliphatic heterocycles. The normalized spacial score (nSPS) is 18.4. The van der Waals surface area contributed by atoms with Gasteiger partial charge in [0.2, 0.25) is 0 Å². The molecule has 1 amide bonds. The van der Waals surface area contributed by atoms with Crippen molar-refractivity contribution < 1.29 is 27.8 Å². The summed E-state index contributed by atoms with van der Waals surface area (Å²) in [6.45, 7) is 5.81. The number of morpholine rings is 1. The molecule has 8 nitrogen and oxygen atoms in total. The average molecular weight is 519 g/mol. The molecule has 2 N–H and O–H groups in total. The van der Waals surface area contributed by atoms with E-state index in [0.717, 1.165) is 21.6 Å². The maximum Gasteiger partial charge on any atom is 0.417 e. The SMILES string of the molecule is CCN1C=C(C(=O)Nc2ccc(C)c(-c3cc(N4CCOCC4)c(=O)n(C)c3)c2)C=C(C(F)(F)F)C1O. The van der Waals surface area contributed by atoms with E-state index < -0.39 is 23.9 Å². The van der Waals surface area contributed by atoms with Crippen LogP contribution in [0.4, 0.5) is 24.5 Å². The predicted octanol–water partition coefficient (Wildman–Crippen LogP) is 3.16. The van der Waals surface area contributed by atoms with Crippen molar-refractivity contribution in [2.24, 2.45) is 7.05 Å². The first-order valence-electron chi connectivity index (χ1n) is 11.9. The summed E-state index contributed by atoms with van der Waals surface area (Å²) in [4.78, 5) is 28.8. The van der Waals surface area contributed by atoms with Crippen molar-refractivity contribution in [3.8, 4) is 11.1 Å². The molecule has 1 saturated heterocycles. The van der Waals surface area contributed by atoms with Crippen molar-refractivity contribution in [1.82, 2.24) is 9.47 Å². The second kappa shape index (κ2) is 10.4. The topological polar surface area (TPSA) is 87.0 Å². The fourth-order valence-corrected chi connectivity index (χ4v) is 4.41. The zero-order valence-corrected chi connectivity index (χ0v) is 20.8. The summed E-state index contributed by atoms with van der Waals surface area (Å²) in [5.41, 5.74) is 1.78. The Morgan fingerprint density at radius 1 is 1.22 bits per heavy atom. The van der Waals surface area contributed by atoms with Crippen molar-refractivity contribution in [1.29, 1.82) is 0 Å². The first-order valence-corrected chi connectivity index (χ1v) is 11.9. The maximum absolute atomic E-state index is 13.4. The second-order valence-corrected chi connectivity index (χ2v) is 9.00. The van der Waals surface area contributed by atoms with Gasteiger partial charge < -0.3 is 29.5 Å². The molecule has 1 aromatic heterocycles. The highest BCUT2D eigenvalue weighted by Gasteiger charge is 2.42. The molecule has 0 saturated carbocycles. The minimum atomic E-state index is -4.79. The van der Waals surface area contributed by atoms with Gasteiger partial charge in [0, 0.05) is 50.3 Å². The zero-order valence-electron chi connectivity index (χ0n) is 20.8. The number of benzene rings is 1. The maximum atomic E-state index is 13.4. The van der Waals surface area contributed by atoms with Crippen molar-refractivity contribution in [3.63, 3.8) is 0 Å². The standard InChI is InChI=1S/C26H29F3N4O4/c1-4-32-15-18(11-21(24(32)35)26(27,28)29)23(34)30-19-6-5-16(2)20(13-19)17-12-22(25(36)31(3)14-17)33-7-9-37-10-8-33/h5-6,11-15,24,35H,4,7-10H2,1-3H3,(H,30,34). The first kappa shape index (κ1) is 26.5. The van der Waals surface area contributed by atoms with E-state index in [1.165, 1.54) is 10.8 Å². The Kier molecular flexibility index (Phi) is 7.47. The number of rotatable bonds is 5. The number of alkyl halides is 3. The first-order chi connectivity index (χ1) is 17.5. The molecule has 2 aromatic rings. The van der Waals surface area contributed by atoms with Crippen LogP contribution in [-0.4, -0.2) is 65.7 Å².